The van der Waals surface area contributed by atoms with Crippen molar-refractivity contribution in [3.63, 3.8) is 0 Å². The van der Waals surface area contributed by atoms with Gasteiger partial charge in [-0.05, 0) is 56.0 Å². The van der Waals surface area contributed by atoms with Gasteiger partial charge < -0.3 is 24.1 Å². The van der Waals surface area contributed by atoms with Crippen molar-refractivity contribution in [3.8, 4) is 11.5 Å². The highest BCUT2D eigenvalue weighted by atomic mass is 35.5. The number of benzene rings is 2. The van der Waals surface area contributed by atoms with Crippen LogP contribution in [0.5, 0.6) is 11.5 Å². The van der Waals surface area contributed by atoms with E-state index in [0.717, 1.165) is 11.3 Å². The van der Waals surface area contributed by atoms with Crippen molar-refractivity contribution < 1.29 is 28.2 Å². The summed E-state index contributed by atoms with van der Waals surface area (Å²) < 4.78 is 32.0. The number of amides is 1. The highest BCUT2D eigenvalue weighted by molar-refractivity contribution is 6.35. The molecule has 0 fully saturated rings. The van der Waals surface area contributed by atoms with Crippen LogP contribution in [0.2, 0.25) is 5.02 Å². The van der Waals surface area contributed by atoms with Crippen molar-refractivity contribution in [3.05, 3.63) is 58.5 Å². The molecule has 0 spiro atoms. The SMILES string of the molecule is CCOC(=O)Cn1c2c(c3cc(F)cc(Cl)c31)CC(NC(=O)COc1ccccc1OC)CC2. The van der Waals surface area contributed by atoms with Gasteiger partial charge in [-0.3, -0.25) is 9.59 Å². The average molecular weight is 489 g/mol. The van der Waals surface area contributed by atoms with Crippen LogP contribution < -0.4 is 14.8 Å². The Kier molecular flexibility index (Phi) is 7.26. The summed E-state index contributed by atoms with van der Waals surface area (Å²) in [4.78, 5) is 24.8. The summed E-state index contributed by atoms with van der Waals surface area (Å²) in [6, 6.07) is 9.61. The van der Waals surface area contributed by atoms with Crippen LogP contribution in [0.3, 0.4) is 0 Å². The van der Waals surface area contributed by atoms with E-state index in [1.54, 1.807) is 25.1 Å². The summed E-state index contributed by atoms with van der Waals surface area (Å²) in [5.74, 6) is -0.0700. The van der Waals surface area contributed by atoms with Crippen molar-refractivity contribution in [2.24, 2.45) is 0 Å². The Labute approximate surface area is 201 Å². The largest absolute Gasteiger partial charge is 0.493 e. The normalized spacial score (nSPS) is 15.0. The second kappa shape index (κ2) is 10.3. The molecule has 1 aromatic heterocycles. The van der Waals surface area contributed by atoms with Gasteiger partial charge in [0, 0.05) is 17.1 Å². The van der Waals surface area contributed by atoms with Gasteiger partial charge in [-0.2, -0.15) is 0 Å². The van der Waals surface area contributed by atoms with Crippen LogP contribution in [0, 0.1) is 5.82 Å². The van der Waals surface area contributed by atoms with E-state index in [2.05, 4.69) is 5.32 Å². The molecule has 2 aromatic carbocycles. The van der Waals surface area contributed by atoms with E-state index in [1.807, 2.05) is 10.6 Å². The first-order valence-corrected chi connectivity index (χ1v) is 11.5. The highest BCUT2D eigenvalue weighted by Gasteiger charge is 2.28. The summed E-state index contributed by atoms with van der Waals surface area (Å²) in [6.07, 6.45) is 1.74. The molecule has 1 heterocycles. The molecule has 0 aliphatic heterocycles. The predicted molar refractivity (Wildman–Crippen MR) is 126 cm³/mol. The minimum Gasteiger partial charge on any atom is -0.493 e. The number of fused-ring (bicyclic) bond motifs is 3. The number of para-hydroxylation sites is 2. The zero-order valence-corrected chi connectivity index (χ0v) is 19.8. The van der Waals surface area contributed by atoms with Crippen molar-refractivity contribution in [1.82, 2.24) is 9.88 Å². The summed E-state index contributed by atoms with van der Waals surface area (Å²) in [6.45, 7) is 1.85. The summed E-state index contributed by atoms with van der Waals surface area (Å²) in [7, 11) is 1.54. The van der Waals surface area contributed by atoms with Gasteiger partial charge >= 0.3 is 5.97 Å². The molecule has 7 nitrogen and oxygen atoms in total. The van der Waals surface area contributed by atoms with Crippen LogP contribution in [0.4, 0.5) is 4.39 Å². The van der Waals surface area contributed by atoms with Crippen molar-refractivity contribution in [1.29, 1.82) is 0 Å². The van der Waals surface area contributed by atoms with E-state index in [0.29, 0.717) is 41.7 Å². The van der Waals surface area contributed by atoms with Gasteiger partial charge in [-0.25, -0.2) is 4.39 Å². The third kappa shape index (κ3) is 4.97. The Morgan fingerprint density at radius 2 is 2.00 bits per heavy atom. The molecular formula is C25H26ClFN2O5. The molecule has 1 unspecified atom stereocenters. The van der Waals surface area contributed by atoms with E-state index in [-0.39, 0.29) is 42.7 Å². The number of esters is 1. The number of carbonyl (C=O) groups is 2. The van der Waals surface area contributed by atoms with E-state index >= 15 is 0 Å². The molecule has 9 heteroatoms. The fourth-order valence-electron chi connectivity index (χ4n) is 4.48. The number of ether oxygens (including phenoxy) is 3. The van der Waals surface area contributed by atoms with Crippen LogP contribution in [0.1, 0.15) is 24.6 Å². The molecule has 1 N–H and O–H groups in total. The topological polar surface area (TPSA) is 78.8 Å². The highest BCUT2D eigenvalue weighted by Crippen LogP contribution is 2.36. The van der Waals surface area contributed by atoms with E-state index in [1.165, 1.54) is 19.2 Å². The number of aromatic nitrogens is 1. The Balaban J connectivity index is 1.52. The number of methoxy groups -OCH3 is 1. The monoisotopic (exact) mass is 488 g/mol. The Hall–Kier alpha value is -3.26. The number of rotatable bonds is 8. The molecule has 0 radical (unpaired) electrons. The quantitative estimate of drug-likeness (QED) is 0.484. The van der Waals surface area contributed by atoms with Gasteiger partial charge in [0.25, 0.3) is 5.91 Å². The molecule has 1 amide bonds. The molecule has 180 valence electrons. The maximum absolute atomic E-state index is 14.2. The van der Waals surface area contributed by atoms with Gasteiger partial charge in [0.2, 0.25) is 0 Å². The minimum atomic E-state index is -0.454. The maximum atomic E-state index is 14.2. The zero-order valence-electron chi connectivity index (χ0n) is 19.0. The van der Waals surface area contributed by atoms with Gasteiger partial charge in [-0.15, -0.1) is 0 Å². The molecule has 0 bridgehead atoms. The second-order valence-corrected chi connectivity index (χ2v) is 8.45. The zero-order chi connectivity index (χ0) is 24.2. The molecule has 0 saturated carbocycles. The lowest BCUT2D eigenvalue weighted by atomic mass is 9.91. The fourth-order valence-corrected chi connectivity index (χ4v) is 4.79. The smallest absolute Gasteiger partial charge is 0.325 e. The first-order valence-electron chi connectivity index (χ1n) is 11.1. The lowest BCUT2D eigenvalue weighted by Gasteiger charge is -2.25. The number of nitrogens with zero attached hydrogens (tertiary/aromatic N) is 1. The second-order valence-electron chi connectivity index (χ2n) is 8.05. The van der Waals surface area contributed by atoms with Crippen LogP contribution in [0.25, 0.3) is 10.9 Å². The molecule has 1 aliphatic rings. The van der Waals surface area contributed by atoms with Crippen molar-refractivity contribution >= 4 is 34.4 Å². The first kappa shape index (κ1) is 23.9. The molecular weight excluding hydrogens is 463 g/mol. The number of nitrogens with one attached hydrogen (secondary N) is 1. The summed E-state index contributed by atoms with van der Waals surface area (Å²) >= 11 is 6.38. The van der Waals surface area contributed by atoms with Gasteiger partial charge in [0.1, 0.15) is 12.4 Å². The molecule has 0 saturated heterocycles. The number of hydrogen-bond donors (Lipinski definition) is 1. The van der Waals surface area contributed by atoms with Crippen LogP contribution in [-0.4, -0.2) is 42.8 Å². The van der Waals surface area contributed by atoms with Crippen LogP contribution in [0.15, 0.2) is 36.4 Å². The molecule has 4 rings (SSSR count). The van der Waals surface area contributed by atoms with E-state index in [4.69, 9.17) is 25.8 Å². The van der Waals surface area contributed by atoms with Crippen molar-refractivity contribution in [2.45, 2.75) is 38.8 Å². The Bertz CT molecular complexity index is 1230. The number of carbonyl (C=O) groups excluding carboxylic acids is 2. The summed E-state index contributed by atoms with van der Waals surface area (Å²) in [5, 5.41) is 3.88. The molecule has 3 aromatic rings. The average Bonchev–Trinajstić information content (AvgIpc) is 3.11. The fraction of sp³-hybridized carbons (Fsp3) is 0.360. The van der Waals surface area contributed by atoms with Crippen molar-refractivity contribution in [2.75, 3.05) is 20.3 Å². The predicted octanol–water partition coefficient (Wildman–Crippen LogP) is 4.06. The first-order chi connectivity index (χ1) is 16.4. The van der Waals surface area contributed by atoms with Crippen LogP contribution >= 0.6 is 11.6 Å². The Morgan fingerprint density at radius 3 is 2.74 bits per heavy atom. The third-order valence-corrected chi connectivity index (χ3v) is 6.15. The van der Waals surface area contributed by atoms with Gasteiger partial charge in [0.05, 0.1) is 24.3 Å². The minimum absolute atomic E-state index is 0.00516. The van der Waals surface area contributed by atoms with E-state index in [9.17, 15) is 14.0 Å². The summed E-state index contributed by atoms with van der Waals surface area (Å²) in [5.41, 5.74) is 2.39. The van der Waals surface area contributed by atoms with Gasteiger partial charge in [-0.1, -0.05) is 23.7 Å². The van der Waals surface area contributed by atoms with E-state index < -0.39 is 5.82 Å². The maximum Gasteiger partial charge on any atom is 0.325 e. The molecule has 1 atom stereocenters. The van der Waals surface area contributed by atoms with Crippen LogP contribution in [-0.2, 0) is 33.7 Å². The lowest BCUT2D eigenvalue weighted by Crippen LogP contribution is -2.41. The third-order valence-electron chi connectivity index (χ3n) is 5.86. The molecule has 34 heavy (non-hydrogen) atoms. The standard InChI is InChI=1S/C25H26ClFN2O5/c1-3-33-24(31)13-29-20-9-8-16(12-17(20)18-10-15(27)11-19(26)25(18)29)28-23(30)14-34-22-7-5-4-6-21(22)32-2/h4-7,10-11,16H,3,8-9,12-14H2,1-2H3,(H,28,30). The van der Waals surface area contributed by atoms with Gasteiger partial charge in [0.15, 0.2) is 18.1 Å². The molecule has 1 aliphatic carbocycles. The Morgan fingerprint density at radius 1 is 1.24 bits per heavy atom. The number of hydrogen-bond acceptors (Lipinski definition) is 5. The lowest BCUT2D eigenvalue weighted by molar-refractivity contribution is -0.143. The number of halogens is 2.